The second-order valence-electron chi connectivity index (χ2n) is 12.5. The molecule has 4 fully saturated rings. The van der Waals surface area contributed by atoms with Crippen molar-refractivity contribution in [2.24, 2.45) is 5.92 Å². The fourth-order valence-electron chi connectivity index (χ4n) is 7.85. The van der Waals surface area contributed by atoms with E-state index in [0.29, 0.717) is 53.3 Å². The van der Waals surface area contributed by atoms with Gasteiger partial charge < -0.3 is 20.1 Å². The number of halogens is 2. The summed E-state index contributed by atoms with van der Waals surface area (Å²) in [4.78, 5) is 18.8. The highest BCUT2D eigenvalue weighted by Gasteiger charge is 2.48. The van der Waals surface area contributed by atoms with E-state index in [1.54, 1.807) is 6.20 Å². The smallest absolute Gasteiger partial charge is 0.319 e. The Morgan fingerprint density at radius 3 is 2.93 bits per heavy atom. The minimum Gasteiger partial charge on any atom is -0.461 e. The molecule has 0 saturated carbocycles. The summed E-state index contributed by atoms with van der Waals surface area (Å²) < 4.78 is 23.0. The van der Waals surface area contributed by atoms with Gasteiger partial charge in [-0.1, -0.05) is 41.9 Å². The molecule has 2 bridgehead atoms. The highest BCUT2D eigenvalue weighted by molar-refractivity contribution is 6.36. The number of hydrogen-bond donors (Lipinski definition) is 2. The first-order valence-electron chi connectivity index (χ1n) is 15.1. The van der Waals surface area contributed by atoms with E-state index in [-0.39, 0.29) is 28.9 Å². The van der Waals surface area contributed by atoms with Crippen molar-refractivity contribution >= 4 is 39.1 Å². The first kappa shape index (κ1) is 26.5. The normalized spacial score (nSPS) is 27.6. The van der Waals surface area contributed by atoms with Crippen molar-refractivity contribution in [3.8, 4) is 17.3 Å². The third-order valence-corrected chi connectivity index (χ3v) is 10.2. The van der Waals surface area contributed by atoms with Crippen LogP contribution < -0.4 is 15.0 Å². The van der Waals surface area contributed by atoms with Crippen LogP contribution in [0.3, 0.4) is 0 Å². The number of β-amino-alcohol motifs (C(OH)–C–C–N with tert-alkyl or cyclic N) is 1. The molecule has 10 heteroatoms. The van der Waals surface area contributed by atoms with Crippen LogP contribution in [0, 0.1) is 11.7 Å². The number of benzene rings is 2. The maximum Gasteiger partial charge on any atom is 0.319 e. The number of nitrogens with zero attached hydrogens (tertiary/aromatic N) is 5. The van der Waals surface area contributed by atoms with Crippen molar-refractivity contribution in [2.45, 2.75) is 49.8 Å². The number of nitrogens with one attached hydrogen (secondary N) is 1. The second kappa shape index (κ2) is 10.3. The zero-order chi connectivity index (χ0) is 28.4. The van der Waals surface area contributed by atoms with Gasteiger partial charge in [0.25, 0.3) is 0 Å². The molecule has 4 aromatic rings. The van der Waals surface area contributed by atoms with Gasteiger partial charge in [0.05, 0.1) is 17.0 Å². The Kier molecular flexibility index (Phi) is 6.48. The summed E-state index contributed by atoms with van der Waals surface area (Å²) in [6.07, 6.45) is 6.21. The number of rotatable bonds is 5. The van der Waals surface area contributed by atoms with Crippen LogP contribution >= 0.6 is 11.6 Å². The van der Waals surface area contributed by atoms with Gasteiger partial charge in [-0.25, -0.2) is 4.39 Å². The SMILES string of the molecule is O[C@H]1CN2CCC[C@@]2(COc2nc(N3CCC4CNC(C4)C3)c3cnc(-c4cccc5cccc(Cl)c45)c(F)c3n2)C1. The third-order valence-electron chi connectivity index (χ3n) is 9.87. The van der Waals surface area contributed by atoms with Crippen molar-refractivity contribution < 1.29 is 14.2 Å². The molecule has 4 aliphatic rings. The monoisotopic (exact) mass is 588 g/mol. The van der Waals surface area contributed by atoms with E-state index < -0.39 is 5.82 Å². The first-order chi connectivity index (χ1) is 20.5. The maximum atomic E-state index is 16.7. The van der Waals surface area contributed by atoms with Crippen LogP contribution in [0.5, 0.6) is 6.01 Å². The van der Waals surface area contributed by atoms with Gasteiger partial charge in [-0.3, -0.25) is 9.88 Å². The van der Waals surface area contributed by atoms with E-state index in [4.69, 9.17) is 21.3 Å². The largest absolute Gasteiger partial charge is 0.461 e. The van der Waals surface area contributed by atoms with Crippen LogP contribution in [0.2, 0.25) is 5.02 Å². The third kappa shape index (κ3) is 4.40. The number of fused-ring (bicyclic) bond motifs is 5. The minimum absolute atomic E-state index is 0.162. The van der Waals surface area contributed by atoms with Gasteiger partial charge in [0.2, 0.25) is 0 Å². The van der Waals surface area contributed by atoms with Crippen LogP contribution in [0.1, 0.15) is 32.1 Å². The molecular weight excluding hydrogens is 555 g/mol. The Morgan fingerprint density at radius 2 is 2.02 bits per heavy atom. The summed E-state index contributed by atoms with van der Waals surface area (Å²) in [5, 5.41) is 16.8. The van der Waals surface area contributed by atoms with E-state index in [1.807, 2.05) is 36.4 Å². The Morgan fingerprint density at radius 1 is 1.14 bits per heavy atom. The van der Waals surface area contributed by atoms with Crippen LogP contribution in [0.4, 0.5) is 10.2 Å². The molecule has 42 heavy (non-hydrogen) atoms. The summed E-state index contributed by atoms with van der Waals surface area (Å²) in [7, 11) is 0. The summed E-state index contributed by atoms with van der Waals surface area (Å²) >= 11 is 6.61. The molecule has 8 rings (SSSR count). The average molecular weight is 589 g/mol. The number of pyridine rings is 1. The predicted molar refractivity (Wildman–Crippen MR) is 162 cm³/mol. The van der Waals surface area contributed by atoms with Crippen molar-refractivity contribution in [3.05, 3.63) is 53.4 Å². The summed E-state index contributed by atoms with van der Waals surface area (Å²) in [5.74, 6) is 0.785. The fourth-order valence-corrected chi connectivity index (χ4v) is 8.13. The van der Waals surface area contributed by atoms with Gasteiger partial charge in [0.1, 0.15) is 23.6 Å². The zero-order valence-electron chi connectivity index (χ0n) is 23.4. The average Bonchev–Trinajstić information content (AvgIpc) is 3.62. The van der Waals surface area contributed by atoms with Crippen LogP contribution in [-0.2, 0) is 0 Å². The quantitative estimate of drug-likeness (QED) is 0.344. The molecule has 4 saturated heterocycles. The molecule has 0 radical (unpaired) electrons. The Hall–Kier alpha value is -3.11. The number of aromatic nitrogens is 3. The second-order valence-corrected chi connectivity index (χ2v) is 12.9. The molecular formula is C32H34ClFN6O2. The lowest BCUT2D eigenvalue weighted by atomic mass is 9.94. The predicted octanol–water partition coefficient (Wildman–Crippen LogP) is 4.80. The van der Waals surface area contributed by atoms with Gasteiger partial charge in [-0.2, -0.15) is 9.97 Å². The molecule has 2 unspecified atom stereocenters. The van der Waals surface area contributed by atoms with Crippen molar-refractivity contribution in [3.63, 3.8) is 0 Å². The van der Waals surface area contributed by atoms with Gasteiger partial charge >= 0.3 is 6.01 Å². The number of aliphatic hydroxyl groups is 1. The molecule has 8 nitrogen and oxygen atoms in total. The van der Waals surface area contributed by atoms with E-state index in [0.717, 1.165) is 62.6 Å². The minimum atomic E-state index is -0.514. The van der Waals surface area contributed by atoms with Crippen molar-refractivity contribution in [1.29, 1.82) is 0 Å². The number of ether oxygens (including phenoxy) is 1. The zero-order valence-corrected chi connectivity index (χ0v) is 24.2. The molecule has 0 aliphatic carbocycles. The first-order valence-corrected chi connectivity index (χ1v) is 15.4. The molecule has 2 N–H and O–H groups in total. The topological polar surface area (TPSA) is 86.6 Å². The lowest BCUT2D eigenvalue weighted by Gasteiger charge is -2.31. The van der Waals surface area contributed by atoms with E-state index in [2.05, 4.69) is 25.1 Å². The number of anilines is 1. The van der Waals surface area contributed by atoms with Gasteiger partial charge in [-0.05, 0) is 62.6 Å². The molecule has 218 valence electrons. The number of hydrogen-bond acceptors (Lipinski definition) is 8. The van der Waals surface area contributed by atoms with E-state index in [9.17, 15) is 5.11 Å². The molecule has 6 heterocycles. The molecule has 4 aliphatic heterocycles. The van der Waals surface area contributed by atoms with Crippen LogP contribution in [0.25, 0.3) is 32.9 Å². The molecule has 0 spiro atoms. The van der Waals surface area contributed by atoms with E-state index in [1.165, 1.54) is 0 Å². The molecule has 2 aromatic heterocycles. The Bertz CT molecular complexity index is 1680. The van der Waals surface area contributed by atoms with Gasteiger partial charge in [0, 0.05) is 47.8 Å². The van der Waals surface area contributed by atoms with Gasteiger partial charge in [0.15, 0.2) is 5.82 Å². The lowest BCUT2D eigenvalue weighted by Crippen LogP contribution is -2.43. The fraction of sp³-hybridized carbons (Fsp3) is 0.469. The molecule has 0 amide bonds. The van der Waals surface area contributed by atoms with Crippen molar-refractivity contribution in [1.82, 2.24) is 25.2 Å². The Balaban J connectivity index is 1.24. The van der Waals surface area contributed by atoms with Crippen molar-refractivity contribution in [2.75, 3.05) is 44.2 Å². The van der Waals surface area contributed by atoms with Crippen LogP contribution in [-0.4, -0.2) is 82.0 Å². The summed E-state index contributed by atoms with van der Waals surface area (Å²) in [5.41, 5.74) is 0.786. The lowest BCUT2D eigenvalue weighted by molar-refractivity contribution is 0.107. The standard InChI is InChI=1S/C32H34ClFN6O2/c33-25-7-2-5-20-4-1-6-23(26(20)25)28-27(34)29-24(15-36-28)30(39-11-8-19-12-21(16-39)35-14-19)38-31(37-29)42-18-32-9-3-10-40(32)17-22(41)13-32/h1-2,4-7,15,19,21-22,35,41H,3,8-14,16-18H2/t19?,21?,22-,32+/m1/s1. The van der Waals surface area contributed by atoms with E-state index >= 15 is 4.39 Å². The highest BCUT2D eigenvalue weighted by Crippen LogP contribution is 2.41. The molecule has 2 aromatic carbocycles. The maximum absolute atomic E-state index is 16.7. The number of aliphatic hydroxyl groups excluding tert-OH is 1. The Labute approximate surface area is 248 Å². The van der Waals surface area contributed by atoms with Crippen LogP contribution in [0.15, 0.2) is 42.6 Å². The van der Waals surface area contributed by atoms with Gasteiger partial charge in [-0.15, -0.1) is 0 Å². The highest BCUT2D eigenvalue weighted by atomic mass is 35.5. The summed E-state index contributed by atoms with van der Waals surface area (Å²) in [6, 6.07) is 11.9. The molecule has 4 atom stereocenters. The summed E-state index contributed by atoms with van der Waals surface area (Å²) in [6.45, 7) is 4.64.